The molecule has 0 spiro atoms. The van der Waals surface area contributed by atoms with E-state index < -0.39 is 11.5 Å². The van der Waals surface area contributed by atoms with Crippen molar-refractivity contribution in [1.29, 1.82) is 0 Å². The number of H-pyrrole nitrogens is 1. The molecule has 0 fully saturated rings. The van der Waals surface area contributed by atoms with Crippen LogP contribution < -0.4 is 10.1 Å². The van der Waals surface area contributed by atoms with Crippen molar-refractivity contribution < 1.29 is 18.7 Å². The number of halogens is 1. The van der Waals surface area contributed by atoms with E-state index in [-0.39, 0.29) is 11.7 Å². The standard InChI is InChI=1S/C23H20FN3O3/c1-23(21(28)26-18-4-2-3-5-20(18)30-23)22(29)27-10-8-14(9-11-27)17-13-25-19-12-15(24)6-7-16(17)19/h2-8,12-13,25H,9-11H2,1H3,(H,26,28). The summed E-state index contributed by atoms with van der Waals surface area (Å²) in [6.07, 6.45) is 4.47. The Morgan fingerprint density at radius 2 is 2.07 bits per heavy atom. The molecule has 0 bridgehead atoms. The van der Waals surface area contributed by atoms with Crippen LogP contribution in [-0.2, 0) is 9.59 Å². The lowest BCUT2D eigenvalue weighted by Gasteiger charge is -2.38. The largest absolute Gasteiger partial charge is 0.466 e. The van der Waals surface area contributed by atoms with Gasteiger partial charge in [-0.15, -0.1) is 0 Å². The van der Waals surface area contributed by atoms with Crippen molar-refractivity contribution >= 4 is 34.0 Å². The van der Waals surface area contributed by atoms with Crippen molar-refractivity contribution in [2.45, 2.75) is 18.9 Å². The summed E-state index contributed by atoms with van der Waals surface area (Å²) in [5.41, 5.74) is 1.77. The predicted molar refractivity (Wildman–Crippen MR) is 112 cm³/mol. The van der Waals surface area contributed by atoms with Crippen molar-refractivity contribution in [3.63, 3.8) is 0 Å². The first-order chi connectivity index (χ1) is 14.5. The number of benzene rings is 2. The number of nitrogens with one attached hydrogen (secondary N) is 2. The molecule has 1 unspecified atom stereocenters. The molecule has 2 amide bonds. The maximum atomic E-state index is 13.4. The van der Waals surface area contributed by atoms with Gasteiger partial charge in [0, 0.05) is 35.8 Å². The smallest absolute Gasteiger partial charge is 0.278 e. The lowest BCUT2D eigenvalue weighted by Crippen LogP contribution is -2.60. The third-order valence-electron chi connectivity index (χ3n) is 5.78. The second kappa shape index (κ2) is 6.73. The van der Waals surface area contributed by atoms with E-state index in [0.29, 0.717) is 30.9 Å². The summed E-state index contributed by atoms with van der Waals surface area (Å²) >= 11 is 0. The molecule has 1 aromatic heterocycles. The number of carbonyl (C=O) groups is 2. The Morgan fingerprint density at radius 3 is 2.87 bits per heavy atom. The Kier molecular flexibility index (Phi) is 4.13. The quantitative estimate of drug-likeness (QED) is 0.639. The second-order valence-corrected chi connectivity index (χ2v) is 7.71. The van der Waals surface area contributed by atoms with Crippen molar-refractivity contribution in [2.24, 2.45) is 0 Å². The Morgan fingerprint density at radius 1 is 1.23 bits per heavy atom. The molecule has 1 atom stereocenters. The topological polar surface area (TPSA) is 74.4 Å². The van der Waals surface area contributed by atoms with Crippen LogP contribution >= 0.6 is 0 Å². The van der Waals surface area contributed by atoms with E-state index in [1.807, 2.05) is 12.3 Å². The van der Waals surface area contributed by atoms with Crippen LogP contribution in [0.25, 0.3) is 16.5 Å². The van der Waals surface area contributed by atoms with E-state index in [9.17, 15) is 14.0 Å². The molecule has 5 rings (SSSR count). The van der Waals surface area contributed by atoms with E-state index in [1.165, 1.54) is 19.1 Å². The zero-order valence-corrected chi connectivity index (χ0v) is 16.4. The number of para-hydroxylation sites is 2. The van der Waals surface area contributed by atoms with Gasteiger partial charge in [-0.2, -0.15) is 0 Å². The van der Waals surface area contributed by atoms with Crippen LogP contribution in [0.1, 0.15) is 18.9 Å². The predicted octanol–water partition coefficient (Wildman–Crippen LogP) is 3.71. The van der Waals surface area contributed by atoms with Crippen LogP contribution in [0.5, 0.6) is 5.75 Å². The van der Waals surface area contributed by atoms with Gasteiger partial charge in [-0.25, -0.2) is 4.39 Å². The van der Waals surface area contributed by atoms with Gasteiger partial charge < -0.3 is 19.9 Å². The number of fused-ring (bicyclic) bond motifs is 2. The van der Waals surface area contributed by atoms with Crippen molar-refractivity contribution in [3.8, 4) is 5.75 Å². The molecule has 2 aromatic carbocycles. The second-order valence-electron chi connectivity index (χ2n) is 7.71. The van der Waals surface area contributed by atoms with Crippen LogP contribution in [0.2, 0.25) is 0 Å². The SMILES string of the molecule is CC1(C(=O)N2CC=C(c3c[nH]c4cc(F)ccc34)CC2)Oc2ccccc2NC1=O. The van der Waals surface area contributed by atoms with Gasteiger partial charge in [0.15, 0.2) is 0 Å². The summed E-state index contributed by atoms with van der Waals surface area (Å²) in [4.78, 5) is 30.6. The van der Waals surface area contributed by atoms with Crippen molar-refractivity contribution in [3.05, 3.63) is 66.1 Å². The summed E-state index contributed by atoms with van der Waals surface area (Å²) in [5.74, 6) is -0.650. The minimum atomic E-state index is -1.61. The van der Waals surface area contributed by atoms with Crippen molar-refractivity contribution in [2.75, 3.05) is 18.4 Å². The van der Waals surface area contributed by atoms with E-state index in [4.69, 9.17) is 4.74 Å². The number of hydrogen-bond acceptors (Lipinski definition) is 3. The molecule has 7 heteroatoms. The summed E-state index contributed by atoms with van der Waals surface area (Å²) in [6, 6.07) is 11.7. The monoisotopic (exact) mass is 405 g/mol. The number of hydrogen-bond donors (Lipinski definition) is 2. The van der Waals surface area contributed by atoms with Gasteiger partial charge in [-0.05, 0) is 49.2 Å². The Labute approximate surface area is 172 Å². The number of aromatic nitrogens is 1. The average molecular weight is 405 g/mol. The number of anilines is 1. The molecular formula is C23H20FN3O3. The van der Waals surface area contributed by atoms with Gasteiger partial charge in [0.05, 0.1) is 5.69 Å². The zero-order valence-electron chi connectivity index (χ0n) is 16.4. The molecule has 3 aromatic rings. The van der Waals surface area contributed by atoms with E-state index in [1.54, 1.807) is 35.2 Å². The fourth-order valence-electron chi connectivity index (χ4n) is 4.07. The molecule has 6 nitrogen and oxygen atoms in total. The highest BCUT2D eigenvalue weighted by atomic mass is 19.1. The lowest BCUT2D eigenvalue weighted by molar-refractivity contribution is -0.154. The van der Waals surface area contributed by atoms with Crippen LogP contribution in [0.3, 0.4) is 0 Å². The molecule has 2 N–H and O–H groups in total. The molecule has 0 saturated heterocycles. The molecule has 30 heavy (non-hydrogen) atoms. The third kappa shape index (κ3) is 2.85. The average Bonchev–Trinajstić information content (AvgIpc) is 3.17. The fourth-order valence-corrected chi connectivity index (χ4v) is 4.07. The van der Waals surface area contributed by atoms with Crippen LogP contribution in [0.15, 0.2) is 54.7 Å². The van der Waals surface area contributed by atoms with Crippen LogP contribution in [0, 0.1) is 5.82 Å². The minimum absolute atomic E-state index is 0.286. The van der Waals surface area contributed by atoms with Gasteiger partial charge in [-0.3, -0.25) is 9.59 Å². The zero-order chi connectivity index (χ0) is 20.9. The number of nitrogens with zero attached hydrogens (tertiary/aromatic N) is 1. The number of carbonyl (C=O) groups excluding carboxylic acids is 2. The summed E-state index contributed by atoms with van der Waals surface area (Å²) in [6.45, 7) is 2.34. The van der Waals surface area contributed by atoms with Gasteiger partial charge in [0.1, 0.15) is 11.6 Å². The molecule has 2 aliphatic rings. The Bertz CT molecular complexity index is 1220. The lowest BCUT2D eigenvalue weighted by atomic mass is 9.96. The molecule has 152 valence electrons. The van der Waals surface area contributed by atoms with Gasteiger partial charge in [-0.1, -0.05) is 18.2 Å². The molecule has 2 aliphatic heterocycles. The number of aromatic amines is 1. The summed E-state index contributed by atoms with van der Waals surface area (Å²) in [7, 11) is 0. The fraction of sp³-hybridized carbons (Fsp3) is 0.217. The Hall–Kier alpha value is -3.61. The highest BCUT2D eigenvalue weighted by Crippen LogP contribution is 2.35. The maximum Gasteiger partial charge on any atom is 0.278 e. The van der Waals surface area contributed by atoms with Gasteiger partial charge >= 0.3 is 0 Å². The normalized spacial score (nSPS) is 20.9. The molecule has 0 saturated carbocycles. The molecule has 0 aliphatic carbocycles. The molecule has 3 heterocycles. The highest BCUT2D eigenvalue weighted by molar-refractivity contribution is 6.15. The maximum absolute atomic E-state index is 13.4. The third-order valence-corrected chi connectivity index (χ3v) is 5.78. The minimum Gasteiger partial charge on any atom is -0.466 e. The summed E-state index contributed by atoms with van der Waals surface area (Å²) < 4.78 is 19.3. The first-order valence-electron chi connectivity index (χ1n) is 9.80. The van der Waals surface area contributed by atoms with Crippen LogP contribution in [0.4, 0.5) is 10.1 Å². The number of ether oxygens (including phenoxy) is 1. The number of rotatable bonds is 2. The molecule has 0 radical (unpaired) electrons. The Balaban J connectivity index is 1.37. The first kappa shape index (κ1) is 18.4. The highest BCUT2D eigenvalue weighted by Gasteiger charge is 2.49. The van der Waals surface area contributed by atoms with E-state index >= 15 is 0 Å². The number of amides is 2. The summed E-state index contributed by atoms with van der Waals surface area (Å²) in [5, 5.41) is 3.71. The van der Waals surface area contributed by atoms with Gasteiger partial charge in [0.2, 0.25) is 0 Å². The van der Waals surface area contributed by atoms with E-state index in [2.05, 4.69) is 10.3 Å². The molecular weight excluding hydrogens is 385 g/mol. The van der Waals surface area contributed by atoms with E-state index in [0.717, 1.165) is 22.0 Å². The van der Waals surface area contributed by atoms with Crippen molar-refractivity contribution in [1.82, 2.24) is 9.88 Å². The van der Waals surface area contributed by atoms with Crippen LogP contribution in [-0.4, -0.2) is 40.4 Å². The first-order valence-corrected chi connectivity index (χ1v) is 9.80. The van der Waals surface area contributed by atoms with Gasteiger partial charge in [0.25, 0.3) is 17.4 Å².